The molecule has 6 aliphatic rings. The summed E-state index contributed by atoms with van der Waals surface area (Å²) in [5.41, 5.74) is -1.52. The van der Waals surface area contributed by atoms with Crippen molar-refractivity contribution in [2.45, 2.75) is 59.3 Å². The van der Waals surface area contributed by atoms with Crippen LogP contribution in [0.15, 0.2) is 12.2 Å². The molecule has 6 fully saturated rings. The zero-order valence-corrected chi connectivity index (χ0v) is 22.5. The molecule has 8 heteroatoms. The molecule has 0 N–H and O–H groups in total. The Labute approximate surface area is 219 Å². The number of ketones is 2. The van der Waals surface area contributed by atoms with Crippen molar-refractivity contribution in [3.8, 4) is 0 Å². The van der Waals surface area contributed by atoms with Gasteiger partial charge in [0.2, 0.25) is 0 Å². The molecule has 1 heterocycles. The average molecular weight is 516 g/mol. The predicted octanol–water partition coefficient (Wildman–Crippen LogP) is 2.98. The van der Waals surface area contributed by atoms with Gasteiger partial charge >= 0.3 is 11.9 Å². The molecule has 5 aliphatic carbocycles. The highest BCUT2D eigenvalue weighted by atomic mass is 16.5. The number of nitrogens with zero attached hydrogens (tertiary/aromatic N) is 1. The van der Waals surface area contributed by atoms with Crippen LogP contribution >= 0.6 is 0 Å². The summed E-state index contributed by atoms with van der Waals surface area (Å²) in [6, 6.07) is 0. The first kappa shape index (κ1) is 26.5. The van der Waals surface area contributed by atoms with E-state index in [2.05, 4.69) is 18.4 Å². The molecule has 0 amide bonds. The van der Waals surface area contributed by atoms with Crippen LogP contribution in [0, 0.1) is 39.9 Å². The van der Waals surface area contributed by atoms with Gasteiger partial charge < -0.3 is 14.2 Å². The van der Waals surface area contributed by atoms with Gasteiger partial charge in [-0.3, -0.25) is 24.1 Å². The largest absolute Gasteiger partial charge is 0.465 e. The number of carbonyl (C=O) groups excluding carboxylic acids is 4. The van der Waals surface area contributed by atoms with Gasteiger partial charge in [-0.25, -0.2) is 0 Å². The standard InChI is InChI=1S/C29H41NO7/c1-18-21-6-9-29(25(18)33)23(14-21)28(17-37-20(3)32)8-5-7-27(4,16-36-19(2)31)24(28)22(26(29)34)15-30-10-12-35-13-11-30/h21-24H,1,5-17H2,2-4H3/t21-,22?,23?,24?,27-,28+,29?/m0/s1. The number of rotatable bonds is 6. The lowest BCUT2D eigenvalue weighted by Crippen LogP contribution is -2.73. The van der Waals surface area contributed by atoms with E-state index >= 15 is 0 Å². The van der Waals surface area contributed by atoms with E-state index in [9.17, 15) is 19.2 Å². The van der Waals surface area contributed by atoms with Gasteiger partial charge in [0.1, 0.15) is 0 Å². The topological polar surface area (TPSA) is 99.2 Å². The molecule has 0 aromatic carbocycles. The maximum Gasteiger partial charge on any atom is 0.302 e. The van der Waals surface area contributed by atoms with Crippen molar-refractivity contribution in [3.63, 3.8) is 0 Å². The van der Waals surface area contributed by atoms with E-state index in [0.717, 1.165) is 45.2 Å². The Morgan fingerprint density at radius 2 is 1.73 bits per heavy atom. The molecule has 204 valence electrons. The van der Waals surface area contributed by atoms with Gasteiger partial charge in [-0.05, 0) is 55.4 Å². The maximum absolute atomic E-state index is 14.8. The van der Waals surface area contributed by atoms with E-state index in [4.69, 9.17) is 14.2 Å². The Morgan fingerprint density at radius 1 is 1.05 bits per heavy atom. The second-order valence-corrected chi connectivity index (χ2v) is 12.5. The van der Waals surface area contributed by atoms with Gasteiger partial charge in [-0.2, -0.15) is 0 Å². The van der Waals surface area contributed by atoms with Crippen LogP contribution in [0.2, 0.25) is 0 Å². The molecule has 37 heavy (non-hydrogen) atoms. The number of carbonyl (C=O) groups is 4. The van der Waals surface area contributed by atoms with Gasteiger partial charge in [0.25, 0.3) is 0 Å². The second kappa shape index (κ2) is 9.60. The first-order chi connectivity index (χ1) is 17.5. The molecule has 1 aliphatic heterocycles. The number of hydrogen-bond acceptors (Lipinski definition) is 8. The minimum atomic E-state index is -1.10. The number of ether oxygens (including phenoxy) is 3. The summed E-state index contributed by atoms with van der Waals surface area (Å²) in [6.07, 6.45) is 4.53. The first-order valence-electron chi connectivity index (χ1n) is 13.9. The predicted molar refractivity (Wildman–Crippen MR) is 134 cm³/mol. The molecule has 4 unspecified atom stereocenters. The van der Waals surface area contributed by atoms with E-state index in [1.54, 1.807) is 0 Å². The van der Waals surface area contributed by atoms with Crippen LogP contribution in [0.3, 0.4) is 0 Å². The van der Waals surface area contributed by atoms with E-state index in [-0.39, 0.29) is 54.5 Å². The summed E-state index contributed by atoms with van der Waals surface area (Å²) >= 11 is 0. The molecule has 0 aromatic heterocycles. The monoisotopic (exact) mass is 515 g/mol. The summed E-state index contributed by atoms with van der Waals surface area (Å²) in [5.74, 6) is -1.49. The summed E-state index contributed by atoms with van der Waals surface area (Å²) in [7, 11) is 0. The number of Topliss-reactive ketones (excluding diaryl/α,β-unsaturated/α-hetero) is 2. The van der Waals surface area contributed by atoms with Gasteiger partial charge in [0.05, 0.1) is 31.8 Å². The third-order valence-electron chi connectivity index (χ3n) is 10.5. The van der Waals surface area contributed by atoms with E-state index in [1.165, 1.54) is 13.8 Å². The van der Waals surface area contributed by atoms with Crippen LogP contribution < -0.4 is 0 Å². The Balaban J connectivity index is 1.66. The van der Waals surface area contributed by atoms with Crippen LogP contribution in [-0.2, 0) is 33.4 Å². The quantitative estimate of drug-likeness (QED) is 0.303. The van der Waals surface area contributed by atoms with Crippen molar-refractivity contribution >= 4 is 23.5 Å². The van der Waals surface area contributed by atoms with Crippen molar-refractivity contribution in [2.75, 3.05) is 46.1 Å². The van der Waals surface area contributed by atoms with Crippen LogP contribution in [0.1, 0.15) is 59.3 Å². The van der Waals surface area contributed by atoms with Crippen LogP contribution in [-0.4, -0.2) is 74.5 Å². The lowest BCUT2D eigenvalue weighted by atomic mass is 9.34. The second-order valence-electron chi connectivity index (χ2n) is 12.5. The zero-order chi connectivity index (χ0) is 26.6. The summed E-state index contributed by atoms with van der Waals surface area (Å²) in [4.78, 5) is 55.1. The number of morpholine rings is 1. The minimum absolute atomic E-state index is 0.0349. The maximum atomic E-state index is 14.8. The molecule has 0 radical (unpaired) electrons. The van der Waals surface area contributed by atoms with Crippen molar-refractivity contribution in [2.24, 2.45) is 39.9 Å². The van der Waals surface area contributed by atoms with E-state index < -0.39 is 22.2 Å². The Kier molecular flexibility index (Phi) is 6.89. The SMILES string of the molecule is C=C1C(=O)C23CC[C@H]1CC2[C@]1(COC(C)=O)CCC[C@@](C)(COC(C)=O)C1C(CN1CCOCC1)C3=O. The Morgan fingerprint density at radius 3 is 2.41 bits per heavy atom. The smallest absolute Gasteiger partial charge is 0.302 e. The summed E-state index contributed by atoms with van der Waals surface area (Å²) in [5, 5.41) is 0. The fourth-order valence-electron chi connectivity index (χ4n) is 9.14. The van der Waals surface area contributed by atoms with Crippen LogP contribution in [0.5, 0.6) is 0 Å². The van der Waals surface area contributed by atoms with Gasteiger partial charge in [-0.15, -0.1) is 0 Å². The van der Waals surface area contributed by atoms with Gasteiger partial charge in [0, 0.05) is 50.2 Å². The van der Waals surface area contributed by atoms with Gasteiger partial charge in [0.15, 0.2) is 11.6 Å². The number of fused-ring (bicyclic) bond motifs is 3. The lowest BCUT2D eigenvalue weighted by Gasteiger charge is -2.68. The highest BCUT2D eigenvalue weighted by Crippen LogP contribution is 2.71. The van der Waals surface area contributed by atoms with Crippen molar-refractivity contribution in [3.05, 3.63) is 12.2 Å². The average Bonchev–Trinajstić information content (AvgIpc) is 2.87. The highest BCUT2D eigenvalue weighted by Gasteiger charge is 2.74. The minimum Gasteiger partial charge on any atom is -0.465 e. The first-order valence-corrected chi connectivity index (χ1v) is 13.9. The normalized spacial score (nSPS) is 41.6. The Bertz CT molecular complexity index is 1000. The molecule has 1 spiro atoms. The number of esters is 2. The van der Waals surface area contributed by atoms with Crippen LogP contribution in [0.25, 0.3) is 0 Å². The molecule has 1 saturated heterocycles. The van der Waals surface area contributed by atoms with Gasteiger partial charge in [-0.1, -0.05) is 19.9 Å². The molecule has 6 rings (SSSR count). The zero-order valence-electron chi connectivity index (χ0n) is 22.5. The molecule has 8 nitrogen and oxygen atoms in total. The number of allylic oxidation sites excluding steroid dienone is 1. The Hall–Kier alpha value is -2.06. The summed E-state index contributed by atoms with van der Waals surface area (Å²) in [6.45, 7) is 12.7. The molecule has 0 aromatic rings. The third-order valence-corrected chi connectivity index (χ3v) is 10.5. The van der Waals surface area contributed by atoms with Crippen molar-refractivity contribution in [1.82, 2.24) is 4.90 Å². The highest BCUT2D eigenvalue weighted by molar-refractivity contribution is 6.17. The van der Waals surface area contributed by atoms with Crippen LogP contribution in [0.4, 0.5) is 0 Å². The molecule has 5 saturated carbocycles. The van der Waals surface area contributed by atoms with Crippen molar-refractivity contribution < 1.29 is 33.4 Å². The van der Waals surface area contributed by atoms with E-state index in [1.807, 2.05) is 0 Å². The fraction of sp³-hybridized carbons (Fsp3) is 0.793. The molecule has 7 atom stereocenters. The number of hydrogen-bond donors (Lipinski definition) is 0. The lowest BCUT2D eigenvalue weighted by molar-refractivity contribution is -0.222. The van der Waals surface area contributed by atoms with Crippen molar-refractivity contribution in [1.29, 1.82) is 0 Å². The molecule has 2 bridgehead atoms. The summed E-state index contributed by atoms with van der Waals surface area (Å²) < 4.78 is 17.0. The molecular formula is C29H41NO7. The molecular weight excluding hydrogens is 474 g/mol. The fourth-order valence-corrected chi connectivity index (χ4v) is 9.14. The third kappa shape index (κ3) is 4.10. The van der Waals surface area contributed by atoms with E-state index in [0.29, 0.717) is 31.8 Å².